The number of hydrogen-bond acceptors (Lipinski definition) is 7. The zero-order valence-electron chi connectivity index (χ0n) is 5.23. The van der Waals surface area contributed by atoms with Crippen LogP contribution in [-0.4, -0.2) is 40.5 Å². The Morgan fingerprint density at radius 2 is 2.18 bits per heavy atom. The van der Waals surface area contributed by atoms with Gasteiger partial charge in [0.1, 0.15) is 6.33 Å². The maximum absolute atomic E-state index is 5.30. The van der Waals surface area contributed by atoms with Crippen molar-refractivity contribution >= 4 is 0 Å². The van der Waals surface area contributed by atoms with Crippen molar-refractivity contribution in [1.29, 1.82) is 0 Å². The summed E-state index contributed by atoms with van der Waals surface area (Å²) in [4.78, 5) is 0.969. The van der Waals surface area contributed by atoms with Gasteiger partial charge < -0.3 is 5.84 Å². The molecule has 0 unspecified atom stereocenters. The minimum Gasteiger partial charge on any atom is -0.318 e. The molecule has 9 heteroatoms. The summed E-state index contributed by atoms with van der Waals surface area (Å²) in [6.45, 7) is 0. The van der Waals surface area contributed by atoms with Gasteiger partial charge in [-0.2, -0.15) is 4.68 Å². The molecule has 0 radical (unpaired) electrons. The molecule has 2 N–H and O–H groups in total. The van der Waals surface area contributed by atoms with E-state index in [1.54, 1.807) is 0 Å². The van der Waals surface area contributed by atoms with Crippen LogP contribution in [0.4, 0.5) is 0 Å². The molecule has 2 aromatic rings. The van der Waals surface area contributed by atoms with Crippen LogP contribution in [0, 0.1) is 0 Å². The van der Waals surface area contributed by atoms with Crippen molar-refractivity contribution in [2.24, 2.45) is 0 Å². The molecule has 0 aliphatic carbocycles. The second-order valence-corrected chi connectivity index (χ2v) is 1.68. The van der Waals surface area contributed by atoms with Crippen molar-refractivity contribution in [2.45, 2.75) is 0 Å². The predicted octanol–water partition coefficient (Wildman–Crippen LogP) is -2.64. The molecule has 2 rings (SSSR count). The van der Waals surface area contributed by atoms with Gasteiger partial charge in [0, 0.05) is 0 Å². The van der Waals surface area contributed by atoms with Crippen LogP contribution in [0.5, 0.6) is 0 Å². The Hall–Kier alpha value is -2.06. The molecule has 0 amide bonds. The molecule has 0 saturated heterocycles. The van der Waals surface area contributed by atoms with Gasteiger partial charge in [-0.1, -0.05) is 5.10 Å². The number of aromatic nitrogens is 8. The van der Waals surface area contributed by atoms with Gasteiger partial charge in [0.2, 0.25) is 0 Å². The standard InChI is InChI=1S/C2H3N9/c3-11-2(5-7-9-11)10-1-4-6-8-10/h1H,3H2. The molecule has 2 heterocycles. The summed E-state index contributed by atoms with van der Waals surface area (Å²) in [5.74, 6) is 5.56. The summed E-state index contributed by atoms with van der Waals surface area (Å²) in [7, 11) is 0. The molecular formula is C2H3N9. The van der Waals surface area contributed by atoms with Crippen LogP contribution in [0.3, 0.4) is 0 Å². The summed E-state index contributed by atoms with van der Waals surface area (Å²) >= 11 is 0. The van der Waals surface area contributed by atoms with E-state index in [4.69, 9.17) is 5.84 Å². The Kier molecular flexibility index (Phi) is 1.02. The average molecular weight is 153 g/mol. The first kappa shape index (κ1) is 5.70. The van der Waals surface area contributed by atoms with E-state index >= 15 is 0 Å². The third kappa shape index (κ3) is 0.781. The third-order valence-electron chi connectivity index (χ3n) is 1.03. The molecule has 0 saturated carbocycles. The Morgan fingerprint density at radius 1 is 1.27 bits per heavy atom. The number of rotatable bonds is 1. The summed E-state index contributed by atoms with van der Waals surface area (Å²) < 4.78 is 1.25. The van der Waals surface area contributed by atoms with E-state index in [0.717, 1.165) is 4.79 Å². The van der Waals surface area contributed by atoms with Crippen LogP contribution in [0.25, 0.3) is 5.95 Å². The fourth-order valence-electron chi connectivity index (χ4n) is 0.593. The first-order chi connectivity index (χ1) is 5.38. The van der Waals surface area contributed by atoms with Gasteiger partial charge in [-0.3, -0.25) is 0 Å². The summed E-state index contributed by atoms with van der Waals surface area (Å²) in [5.41, 5.74) is 0. The van der Waals surface area contributed by atoms with Crippen molar-refractivity contribution in [3.63, 3.8) is 0 Å². The van der Waals surface area contributed by atoms with E-state index in [2.05, 4.69) is 31.1 Å². The molecule has 0 bridgehead atoms. The first-order valence-corrected chi connectivity index (χ1v) is 2.65. The zero-order valence-corrected chi connectivity index (χ0v) is 5.23. The van der Waals surface area contributed by atoms with Gasteiger partial charge >= 0.3 is 0 Å². The van der Waals surface area contributed by atoms with Crippen LogP contribution in [0.15, 0.2) is 6.33 Å². The van der Waals surface area contributed by atoms with Crippen LogP contribution >= 0.6 is 0 Å². The highest BCUT2D eigenvalue weighted by Gasteiger charge is 2.04. The molecule has 0 atom stereocenters. The fourth-order valence-corrected chi connectivity index (χ4v) is 0.593. The highest BCUT2D eigenvalue weighted by atomic mass is 15.7. The lowest BCUT2D eigenvalue weighted by atomic mass is 11.0. The van der Waals surface area contributed by atoms with Gasteiger partial charge in [0.25, 0.3) is 5.95 Å². The van der Waals surface area contributed by atoms with E-state index in [-0.39, 0.29) is 5.95 Å². The van der Waals surface area contributed by atoms with Crippen molar-refractivity contribution in [2.75, 3.05) is 5.84 Å². The van der Waals surface area contributed by atoms with E-state index in [1.807, 2.05) is 0 Å². The lowest BCUT2D eigenvalue weighted by Gasteiger charge is -1.91. The number of nitrogen functional groups attached to an aromatic ring is 1. The van der Waals surface area contributed by atoms with Gasteiger partial charge in [0.15, 0.2) is 0 Å². The van der Waals surface area contributed by atoms with Crippen LogP contribution in [0.1, 0.15) is 0 Å². The van der Waals surface area contributed by atoms with Crippen LogP contribution in [-0.2, 0) is 0 Å². The van der Waals surface area contributed by atoms with Gasteiger partial charge in [-0.15, -0.1) is 9.89 Å². The molecular weight excluding hydrogens is 150 g/mol. The summed E-state index contributed by atoms with van der Waals surface area (Å²) in [5, 5.41) is 20.6. The Bertz CT molecular complexity index is 330. The van der Waals surface area contributed by atoms with E-state index in [9.17, 15) is 0 Å². The van der Waals surface area contributed by atoms with Crippen molar-refractivity contribution < 1.29 is 0 Å². The fraction of sp³-hybridized carbons (Fsp3) is 0. The zero-order chi connectivity index (χ0) is 7.68. The number of nitrogens with zero attached hydrogens (tertiary/aromatic N) is 8. The summed E-state index contributed by atoms with van der Waals surface area (Å²) in [6, 6.07) is 0. The Labute approximate surface area is 59.8 Å². The molecule has 9 nitrogen and oxygen atoms in total. The van der Waals surface area contributed by atoms with Gasteiger partial charge in [0.05, 0.1) is 0 Å². The molecule has 56 valence electrons. The minimum absolute atomic E-state index is 0.259. The van der Waals surface area contributed by atoms with Gasteiger partial charge in [-0.25, -0.2) is 0 Å². The smallest absolute Gasteiger partial charge is 0.292 e. The molecule has 0 spiro atoms. The second-order valence-electron chi connectivity index (χ2n) is 1.68. The highest BCUT2D eigenvalue weighted by Crippen LogP contribution is 1.90. The van der Waals surface area contributed by atoms with Crippen molar-refractivity contribution in [1.82, 2.24) is 40.5 Å². The molecule has 0 fully saturated rings. The monoisotopic (exact) mass is 153 g/mol. The molecule has 0 aromatic carbocycles. The van der Waals surface area contributed by atoms with E-state index < -0.39 is 0 Å². The molecule has 2 aromatic heterocycles. The maximum atomic E-state index is 5.30. The van der Waals surface area contributed by atoms with Crippen LogP contribution < -0.4 is 5.84 Å². The Balaban J connectivity index is 2.53. The van der Waals surface area contributed by atoms with E-state index in [0.29, 0.717) is 0 Å². The molecule has 0 aliphatic rings. The van der Waals surface area contributed by atoms with Crippen molar-refractivity contribution in [3.8, 4) is 5.95 Å². The lowest BCUT2D eigenvalue weighted by Crippen LogP contribution is -2.16. The second kappa shape index (κ2) is 1.97. The molecule has 11 heavy (non-hydrogen) atoms. The largest absolute Gasteiger partial charge is 0.318 e. The first-order valence-electron chi connectivity index (χ1n) is 2.65. The quantitative estimate of drug-likeness (QED) is 0.445. The number of tetrazole rings is 2. The molecule has 0 aliphatic heterocycles. The van der Waals surface area contributed by atoms with E-state index in [1.165, 1.54) is 11.0 Å². The SMILES string of the molecule is Nn1nnnc1-n1cnnn1. The Morgan fingerprint density at radius 3 is 2.73 bits per heavy atom. The summed E-state index contributed by atoms with van der Waals surface area (Å²) in [6.07, 6.45) is 1.34. The predicted molar refractivity (Wildman–Crippen MR) is 30.7 cm³/mol. The third-order valence-corrected chi connectivity index (χ3v) is 1.03. The van der Waals surface area contributed by atoms with Gasteiger partial charge in [-0.05, 0) is 20.9 Å². The van der Waals surface area contributed by atoms with Crippen LogP contribution in [0.2, 0.25) is 0 Å². The maximum Gasteiger partial charge on any atom is 0.292 e. The topological polar surface area (TPSA) is 113 Å². The number of nitrogens with two attached hydrogens (primary N) is 1. The highest BCUT2D eigenvalue weighted by molar-refractivity contribution is 5.00. The lowest BCUT2D eigenvalue weighted by molar-refractivity contribution is 0.691. The normalized spacial score (nSPS) is 10.2. The average Bonchev–Trinajstić information content (AvgIpc) is 2.55. The minimum atomic E-state index is 0.259. The number of hydrogen-bond donors (Lipinski definition) is 1. The van der Waals surface area contributed by atoms with Crippen molar-refractivity contribution in [3.05, 3.63) is 6.33 Å².